The van der Waals surface area contributed by atoms with Crippen molar-refractivity contribution in [3.8, 4) is 0 Å². The van der Waals surface area contributed by atoms with Crippen molar-refractivity contribution in [1.82, 2.24) is 5.32 Å². The Bertz CT molecular complexity index is 394. The normalized spacial score (nSPS) is 23.5. The zero-order valence-corrected chi connectivity index (χ0v) is 13.0. The van der Waals surface area contributed by atoms with Gasteiger partial charge in [0.15, 0.2) is 0 Å². The lowest BCUT2D eigenvalue weighted by Gasteiger charge is -2.29. The van der Waals surface area contributed by atoms with Gasteiger partial charge in [0, 0.05) is 17.6 Å². The summed E-state index contributed by atoms with van der Waals surface area (Å²) in [6.07, 6.45) is 8.24. The lowest BCUT2D eigenvalue weighted by Crippen LogP contribution is -2.32. The third-order valence-electron chi connectivity index (χ3n) is 4.37. The maximum Gasteiger partial charge on any atom is 0.0438 e. The van der Waals surface area contributed by atoms with Crippen molar-refractivity contribution >= 4 is 11.6 Å². The maximum absolute atomic E-state index is 6.16. The molecule has 2 heteroatoms. The van der Waals surface area contributed by atoms with E-state index in [0.29, 0.717) is 6.04 Å². The van der Waals surface area contributed by atoms with Crippen LogP contribution in [0.3, 0.4) is 0 Å². The van der Waals surface area contributed by atoms with E-state index in [1.54, 1.807) is 0 Å². The Balaban J connectivity index is 1.75. The van der Waals surface area contributed by atoms with E-state index in [4.69, 9.17) is 11.6 Å². The fraction of sp³-hybridized carbons (Fsp3) is 0.647. The molecule has 1 aromatic rings. The van der Waals surface area contributed by atoms with Gasteiger partial charge in [-0.25, -0.2) is 0 Å². The lowest BCUT2D eigenvalue weighted by molar-refractivity contribution is 0.277. The van der Waals surface area contributed by atoms with E-state index in [0.717, 1.165) is 23.0 Å². The molecular weight excluding hydrogens is 254 g/mol. The van der Waals surface area contributed by atoms with Gasteiger partial charge < -0.3 is 5.32 Å². The van der Waals surface area contributed by atoms with Gasteiger partial charge in [-0.05, 0) is 55.7 Å². The number of nitrogens with one attached hydrogen (secondary N) is 1. The standard InChI is InChI=1S/C17H26ClN/c1-3-4-14-7-9-16(10-8-14)19-12-15-6-5-13(2)17(18)11-15/h5-6,11,14,16,19H,3-4,7-10,12H2,1-2H3. The number of halogens is 1. The van der Waals surface area contributed by atoms with Crippen LogP contribution in [-0.4, -0.2) is 6.04 Å². The van der Waals surface area contributed by atoms with Gasteiger partial charge >= 0.3 is 0 Å². The first kappa shape index (κ1) is 14.9. The highest BCUT2D eigenvalue weighted by atomic mass is 35.5. The number of rotatable bonds is 5. The van der Waals surface area contributed by atoms with Gasteiger partial charge in [0.1, 0.15) is 0 Å². The van der Waals surface area contributed by atoms with Crippen LogP contribution in [0.2, 0.25) is 5.02 Å². The van der Waals surface area contributed by atoms with E-state index in [2.05, 4.69) is 37.4 Å². The molecule has 0 radical (unpaired) electrons. The van der Waals surface area contributed by atoms with Crippen LogP contribution < -0.4 is 5.32 Å². The second-order valence-corrected chi connectivity index (χ2v) is 6.38. The summed E-state index contributed by atoms with van der Waals surface area (Å²) in [5.41, 5.74) is 2.46. The molecule has 1 saturated carbocycles. The van der Waals surface area contributed by atoms with Crippen LogP contribution in [0.1, 0.15) is 56.6 Å². The maximum atomic E-state index is 6.16. The van der Waals surface area contributed by atoms with Gasteiger partial charge in [-0.1, -0.05) is 43.5 Å². The van der Waals surface area contributed by atoms with Crippen LogP contribution in [0, 0.1) is 12.8 Å². The van der Waals surface area contributed by atoms with Crippen LogP contribution in [0.25, 0.3) is 0 Å². The molecule has 1 nitrogen and oxygen atoms in total. The van der Waals surface area contributed by atoms with Crippen LogP contribution in [-0.2, 0) is 6.54 Å². The summed E-state index contributed by atoms with van der Waals surface area (Å²) in [6.45, 7) is 5.29. The van der Waals surface area contributed by atoms with Crippen LogP contribution in [0.5, 0.6) is 0 Å². The molecule has 1 aliphatic carbocycles. The Morgan fingerprint density at radius 1 is 1.21 bits per heavy atom. The summed E-state index contributed by atoms with van der Waals surface area (Å²) in [6, 6.07) is 7.08. The van der Waals surface area contributed by atoms with E-state index < -0.39 is 0 Å². The zero-order valence-electron chi connectivity index (χ0n) is 12.2. The number of benzene rings is 1. The molecule has 0 heterocycles. The first-order valence-corrected chi connectivity index (χ1v) is 8.05. The second kappa shape index (κ2) is 7.31. The predicted octanol–water partition coefficient (Wildman–Crippen LogP) is 5.10. The van der Waals surface area contributed by atoms with Crippen molar-refractivity contribution in [2.24, 2.45) is 5.92 Å². The summed E-state index contributed by atoms with van der Waals surface area (Å²) in [5.74, 6) is 0.983. The molecular formula is C17H26ClN. The highest BCUT2D eigenvalue weighted by molar-refractivity contribution is 6.31. The Morgan fingerprint density at radius 3 is 2.58 bits per heavy atom. The topological polar surface area (TPSA) is 12.0 Å². The summed E-state index contributed by atoms with van der Waals surface area (Å²) in [7, 11) is 0. The monoisotopic (exact) mass is 279 g/mol. The average molecular weight is 280 g/mol. The molecule has 0 unspecified atom stereocenters. The van der Waals surface area contributed by atoms with E-state index in [1.165, 1.54) is 44.1 Å². The molecule has 2 rings (SSSR count). The van der Waals surface area contributed by atoms with E-state index in [-0.39, 0.29) is 0 Å². The van der Waals surface area contributed by atoms with Gasteiger partial charge in [0.05, 0.1) is 0 Å². The molecule has 0 saturated heterocycles. The Morgan fingerprint density at radius 2 is 1.95 bits per heavy atom. The molecule has 0 bridgehead atoms. The summed E-state index contributed by atoms with van der Waals surface area (Å²) >= 11 is 6.16. The Labute approximate surface area is 122 Å². The molecule has 0 amide bonds. The number of hydrogen-bond acceptors (Lipinski definition) is 1. The minimum absolute atomic E-state index is 0.702. The minimum Gasteiger partial charge on any atom is -0.310 e. The number of aryl methyl sites for hydroxylation is 1. The van der Waals surface area contributed by atoms with Gasteiger partial charge in [-0.3, -0.25) is 0 Å². The summed E-state index contributed by atoms with van der Waals surface area (Å²) in [5, 5.41) is 4.57. The molecule has 0 atom stereocenters. The van der Waals surface area contributed by atoms with E-state index >= 15 is 0 Å². The SMILES string of the molecule is CCCC1CCC(NCc2ccc(C)c(Cl)c2)CC1. The highest BCUT2D eigenvalue weighted by Crippen LogP contribution is 2.28. The Hall–Kier alpha value is -0.530. The van der Waals surface area contributed by atoms with Crippen molar-refractivity contribution in [3.05, 3.63) is 34.3 Å². The van der Waals surface area contributed by atoms with Gasteiger partial charge in [-0.2, -0.15) is 0 Å². The highest BCUT2D eigenvalue weighted by Gasteiger charge is 2.19. The fourth-order valence-corrected chi connectivity index (χ4v) is 3.28. The zero-order chi connectivity index (χ0) is 13.7. The molecule has 106 valence electrons. The molecule has 19 heavy (non-hydrogen) atoms. The van der Waals surface area contributed by atoms with Crippen molar-refractivity contribution in [2.75, 3.05) is 0 Å². The van der Waals surface area contributed by atoms with Crippen LogP contribution in [0.4, 0.5) is 0 Å². The molecule has 1 fully saturated rings. The molecule has 0 aliphatic heterocycles. The smallest absolute Gasteiger partial charge is 0.0438 e. The average Bonchev–Trinajstić information content (AvgIpc) is 2.42. The second-order valence-electron chi connectivity index (χ2n) is 5.97. The summed E-state index contributed by atoms with van der Waals surface area (Å²) in [4.78, 5) is 0. The third kappa shape index (κ3) is 4.50. The number of hydrogen-bond donors (Lipinski definition) is 1. The van der Waals surface area contributed by atoms with Gasteiger partial charge in [0.25, 0.3) is 0 Å². The fourth-order valence-electron chi connectivity index (χ4n) is 3.07. The van der Waals surface area contributed by atoms with Crippen molar-refractivity contribution in [1.29, 1.82) is 0 Å². The molecule has 0 aromatic heterocycles. The lowest BCUT2D eigenvalue weighted by atomic mass is 9.83. The van der Waals surface area contributed by atoms with Crippen molar-refractivity contribution < 1.29 is 0 Å². The van der Waals surface area contributed by atoms with Crippen LogP contribution in [0.15, 0.2) is 18.2 Å². The van der Waals surface area contributed by atoms with Crippen molar-refractivity contribution in [2.45, 2.75) is 65.0 Å². The largest absolute Gasteiger partial charge is 0.310 e. The quantitative estimate of drug-likeness (QED) is 0.791. The van der Waals surface area contributed by atoms with E-state index in [9.17, 15) is 0 Å². The first-order valence-electron chi connectivity index (χ1n) is 7.67. The molecule has 1 aromatic carbocycles. The predicted molar refractivity (Wildman–Crippen MR) is 83.7 cm³/mol. The van der Waals surface area contributed by atoms with E-state index in [1.807, 2.05) is 0 Å². The van der Waals surface area contributed by atoms with Gasteiger partial charge in [0.2, 0.25) is 0 Å². The molecule has 1 N–H and O–H groups in total. The van der Waals surface area contributed by atoms with Crippen LogP contribution >= 0.6 is 11.6 Å². The molecule has 0 spiro atoms. The summed E-state index contributed by atoms with van der Waals surface area (Å²) < 4.78 is 0. The first-order chi connectivity index (χ1) is 9.19. The molecule has 1 aliphatic rings. The van der Waals surface area contributed by atoms with Gasteiger partial charge in [-0.15, -0.1) is 0 Å². The third-order valence-corrected chi connectivity index (χ3v) is 4.78. The minimum atomic E-state index is 0.702. The Kier molecular flexibility index (Phi) is 5.72. The van der Waals surface area contributed by atoms with Crippen molar-refractivity contribution in [3.63, 3.8) is 0 Å².